The molecule has 0 unspecified atom stereocenters. The first-order chi connectivity index (χ1) is 12.3. The molecule has 3 heteroatoms. The number of rotatable bonds is 9. The monoisotopic (exact) mass is 352 g/mol. The highest BCUT2D eigenvalue weighted by molar-refractivity contribution is 7.21. The zero-order chi connectivity index (χ0) is 17.5. The van der Waals surface area contributed by atoms with E-state index in [1.807, 2.05) is 6.20 Å². The van der Waals surface area contributed by atoms with Crippen LogP contribution in [-0.2, 0) is 12.8 Å². The first-order valence-electron chi connectivity index (χ1n) is 9.65. The maximum atomic E-state index is 4.78. The predicted octanol–water partition coefficient (Wildman–Crippen LogP) is 6.82. The van der Waals surface area contributed by atoms with E-state index in [1.165, 1.54) is 60.8 Å². The van der Waals surface area contributed by atoms with Crippen LogP contribution in [0.3, 0.4) is 0 Å². The van der Waals surface area contributed by atoms with Crippen LogP contribution in [0.15, 0.2) is 36.5 Å². The first-order valence-corrected chi connectivity index (χ1v) is 10.5. The van der Waals surface area contributed by atoms with Crippen LogP contribution in [0.2, 0.25) is 0 Å². The number of hydrogen-bond acceptors (Lipinski definition) is 3. The van der Waals surface area contributed by atoms with Crippen molar-refractivity contribution in [3.8, 4) is 10.7 Å². The summed E-state index contributed by atoms with van der Waals surface area (Å²) >= 11 is 1.76. The summed E-state index contributed by atoms with van der Waals surface area (Å²) in [7, 11) is 0. The number of hydrogen-bond donors (Lipinski definition) is 0. The van der Waals surface area contributed by atoms with Gasteiger partial charge in [-0.1, -0.05) is 51.7 Å². The number of nitrogens with zero attached hydrogens (tertiary/aromatic N) is 2. The minimum Gasteiger partial charge on any atom is -0.253 e. The van der Waals surface area contributed by atoms with E-state index in [0.29, 0.717) is 0 Å². The number of fused-ring (bicyclic) bond motifs is 1. The van der Waals surface area contributed by atoms with Crippen molar-refractivity contribution in [1.29, 1.82) is 0 Å². The average Bonchev–Trinajstić information content (AvgIpc) is 3.07. The van der Waals surface area contributed by atoms with E-state index < -0.39 is 0 Å². The Hall–Kier alpha value is -1.74. The van der Waals surface area contributed by atoms with Crippen molar-refractivity contribution in [1.82, 2.24) is 9.97 Å². The average molecular weight is 353 g/mol. The van der Waals surface area contributed by atoms with Gasteiger partial charge in [-0.25, -0.2) is 4.98 Å². The highest BCUT2D eigenvalue weighted by atomic mass is 32.1. The van der Waals surface area contributed by atoms with Gasteiger partial charge < -0.3 is 0 Å². The summed E-state index contributed by atoms with van der Waals surface area (Å²) in [5.74, 6) is 0. The van der Waals surface area contributed by atoms with Crippen LogP contribution in [0.25, 0.3) is 20.9 Å². The second-order valence-electron chi connectivity index (χ2n) is 6.79. The molecule has 2 aromatic heterocycles. The second kappa shape index (κ2) is 9.10. The van der Waals surface area contributed by atoms with E-state index in [2.05, 4.69) is 49.2 Å². The number of pyridine rings is 1. The Balaban J connectivity index is 1.72. The lowest BCUT2D eigenvalue weighted by Crippen LogP contribution is -1.88. The molecule has 0 saturated heterocycles. The lowest BCUT2D eigenvalue weighted by molar-refractivity contribution is 0.667. The Morgan fingerprint density at radius 2 is 1.64 bits per heavy atom. The van der Waals surface area contributed by atoms with Crippen molar-refractivity contribution in [2.75, 3.05) is 0 Å². The highest BCUT2D eigenvalue weighted by Gasteiger charge is 2.08. The SMILES string of the molecule is CCCCCCc1ccc2nc(-c3ccc(CCCC)cn3)sc2c1. The molecule has 2 nitrogen and oxygen atoms in total. The fraction of sp³-hybridized carbons (Fsp3) is 0.455. The van der Waals surface area contributed by atoms with Gasteiger partial charge in [0, 0.05) is 6.20 Å². The molecule has 0 aliphatic carbocycles. The molecule has 25 heavy (non-hydrogen) atoms. The third-order valence-corrected chi connectivity index (χ3v) is 5.68. The van der Waals surface area contributed by atoms with Gasteiger partial charge in [0.1, 0.15) is 5.01 Å². The molecule has 0 spiro atoms. The minimum absolute atomic E-state index is 0.992. The number of aromatic nitrogens is 2. The van der Waals surface area contributed by atoms with Gasteiger partial charge in [-0.05, 0) is 55.0 Å². The molecule has 0 saturated carbocycles. The van der Waals surface area contributed by atoms with Gasteiger partial charge in [-0.3, -0.25) is 4.98 Å². The summed E-state index contributed by atoms with van der Waals surface area (Å²) in [5, 5.41) is 1.03. The predicted molar refractivity (Wildman–Crippen MR) is 109 cm³/mol. The Morgan fingerprint density at radius 1 is 0.840 bits per heavy atom. The molecular formula is C22H28N2S. The zero-order valence-electron chi connectivity index (χ0n) is 15.4. The lowest BCUT2D eigenvalue weighted by Gasteiger charge is -2.00. The second-order valence-corrected chi connectivity index (χ2v) is 7.82. The first kappa shape index (κ1) is 18.1. The van der Waals surface area contributed by atoms with Crippen LogP contribution < -0.4 is 0 Å². The van der Waals surface area contributed by atoms with Gasteiger partial charge in [-0.2, -0.15) is 0 Å². The van der Waals surface area contributed by atoms with Gasteiger partial charge in [0.25, 0.3) is 0 Å². The normalized spacial score (nSPS) is 11.3. The fourth-order valence-electron chi connectivity index (χ4n) is 3.07. The molecule has 0 bridgehead atoms. The molecule has 3 aromatic rings. The van der Waals surface area contributed by atoms with Crippen molar-refractivity contribution < 1.29 is 0 Å². The van der Waals surface area contributed by atoms with E-state index in [9.17, 15) is 0 Å². The number of aryl methyl sites for hydroxylation is 2. The lowest BCUT2D eigenvalue weighted by atomic mass is 10.1. The molecule has 0 N–H and O–H groups in total. The van der Waals surface area contributed by atoms with Crippen LogP contribution in [0, 0.1) is 0 Å². The van der Waals surface area contributed by atoms with Crippen molar-refractivity contribution in [3.63, 3.8) is 0 Å². The standard InChI is InChI=1S/C22H28N2S/c1-3-5-7-8-10-17-11-13-19-21(15-17)25-22(24-19)20-14-12-18(16-23-20)9-6-4-2/h11-16H,3-10H2,1-2H3. The maximum absolute atomic E-state index is 4.78. The molecule has 132 valence electrons. The van der Waals surface area contributed by atoms with Gasteiger partial charge in [0.2, 0.25) is 0 Å². The molecule has 0 fully saturated rings. The quantitative estimate of drug-likeness (QED) is 0.395. The fourth-order valence-corrected chi connectivity index (χ4v) is 4.08. The number of benzene rings is 1. The van der Waals surface area contributed by atoms with E-state index >= 15 is 0 Å². The van der Waals surface area contributed by atoms with E-state index in [-0.39, 0.29) is 0 Å². The molecule has 0 amide bonds. The Bertz CT molecular complexity index is 789. The molecule has 3 rings (SSSR count). The highest BCUT2D eigenvalue weighted by Crippen LogP contribution is 2.30. The van der Waals surface area contributed by atoms with Crippen LogP contribution in [0.5, 0.6) is 0 Å². The summed E-state index contributed by atoms with van der Waals surface area (Å²) in [5.41, 5.74) is 4.84. The van der Waals surface area contributed by atoms with Crippen molar-refractivity contribution in [2.24, 2.45) is 0 Å². The minimum atomic E-state index is 0.992. The largest absolute Gasteiger partial charge is 0.253 e. The molecule has 2 heterocycles. The Morgan fingerprint density at radius 3 is 2.40 bits per heavy atom. The summed E-state index contributed by atoms with van der Waals surface area (Å²) in [6.07, 6.45) is 12.0. The molecule has 0 aliphatic heterocycles. The summed E-state index contributed by atoms with van der Waals surface area (Å²) in [4.78, 5) is 9.42. The number of unbranched alkanes of at least 4 members (excludes halogenated alkanes) is 4. The van der Waals surface area contributed by atoms with E-state index in [1.54, 1.807) is 11.3 Å². The van der Waals surface area contributed by atoms with Crippen molar-refractivity contribution in [2.45, 2.75) is 65.2 Å². The van der Waals surface area contributed by atoms with E-state index in [4.69, 9.17) is 4.98 Å². The molecule has 1 aromatic carbocycles. The molecule has 0 radical (unpaired) electrons. The zero-order valence-corrected chi connectivity index (χ0v) is 16.2. The third kappa shape index (κ3) is 4.88. The van der Waals surface area contributed by atoms with Crippen molar-refractivity contribution >= 4 is 21.6 Å². The molecule has 0 aliphatic rings. The van der Waals surface area contributed by atoms with E-state index in [0.717, 1.165) is 22.6 Å². The topological polar surface area (TPSA) is 25.8 Å². The molecule has 0 atom stereocenters. The third-order valence-electron chi connectivity index (χ3n) is 4.63. The summed E-state index contributed by atoms with van der Waals surface area (Å²) in [6, 6.07) is 11.0. The van der Waals surface area contributed by atoms with Crippen LogP contribution in [0.4, 0.5) is 0 Å². The van der Waals surface area contributed by atoms with Gasteiger partial charge in [-0.15, -0.1) is 11.3 Å². The van der Waals surface area contributed by atoms with Crippen LogP contribution in [0.1, 0.15) is 63.5 Å². The van der Waals surface area contributed by atoms with Crippen molar-refractivity contribution in [3.05, 3.63) is 47.7 Å². The summed E-state index contributed by atoms with van der Waals surface area (Å²) < 4.78 is 1.28. The van der Waals surface area contributed by atoms with Crippen LogP contribution in [-0.4, -0.2) is 9.97 Å². The van der Waals surface area contributed by atoms with Gasteiger partial charge in [0.15, 0.2) is 0 Å². The van der Waals surface area contributed by atoms with Gasteiger partial charge in [0.05, 0.1) is 15.9 Å². The van der Waals surface area contributed by atoms with Gasteiger partial charge >= 0.3 is 0 Å². The smallest absolute Gasteiger partial charge is 0.143 e. The number of thiazole rings is 1. The molecular weight excluding hydrogens is 324 g/mol. The Kier molecular flexibility index (Phi) is 6.57. The Labute approximate surface area is 155 Å². The van der Waals surface area contributed by atoms with Crippen LogP contribution >= 0.6 is 11.3 Å². The summed E-state index contributed by atoms with van der Waals surface area (Å²) in [6.45, 7) is 4.48. The maximum Gasteiger partial charge on any atom is 0.143 e.